The van der Waals surface area contributed by atoms with Gasteiger partial charge in [0.25, 0.3) is 0 Å². The van der Waals surface area contributed by atoms with E-state index in [1.54, 1.807) is 0 Å². The molecule has 0 saturated heterocycles. The highest BCUT2D eigenvalue weighted by Gasteiger charge is 2.32. The SMILES string of the molecule is c1ccc(-c2ccc3cc(C4c5ccccc54)ccc3c2)cc1. The Labute approximate surface area is 136 Å². The summed E-state index contributed by atoms with van der Waals surface area (Å²) >= 11 is 0. The molecule has 4 aromatic carbocycles. The minimum Gasteiger partial charge on any atom is -0.0622 e. The molecular formula is C23H16. The van der Waals surface area contributed by atoms with Crippen molar-refractivity contribution in [2.75, 3.05) is 0 Å². The van der Waals surface area contributed by atoms with Crippen LogP contribution in [0.15, 0.2) is 91.0 Å². The van der Waals surface area contributed by atoms with E-state index in [-0.39, 0.29) is 0 Å². The quantitative estimate of drug-likeness (QED) is 0.374. The van der Waals surface area contributed by atoms with Crippen molar-refractivity contribution in [3.05, 3.63) is 108 Å². The molecule has 1 aliphatic carbocycles. The van der Waals surface area contributed by atoms with Crippen molar-refractivity contribution in [1.29, 1.82) is 0 Å². The fourth-order valence-electron chi connectivity index (χ4n) is 3.57. The van der Waals surface area contributed by atoms with Gasteiger partial charge in [0.2, 0.25) is 0 Å². The van der Waals surface area contributed by atoms with E-state index in [2.05, 4.69) is 91.0 Å². The average Bonchev–Trinajstić information content (AvgIpc) is 3.36. The molecule has 0 nitrogen and oxygen atoms in total. The first kappa shape index (κ1) is 12.7. The second-order valence-corrected chi connectivity index (χ2v) is 6.25. The van der Waals surface area contributed by atoms with Gasteiger partial charge in [-0.05, 0) is 44.7 Å². The Bertz CT molecular complexity index is 989. The minimum atomic E-state index is 0.517. The summed E-state index contributed by atoms with van der Waals surface area (Å²) in [6.07, 6.45) is 0. The molecule has 1 aliphatic rings. The predicted molar refractivity (Wildman–Crippen MR) is 96.8 cm³/mol. The van der Waals surface area contributed by atoms with E-state index in [1.807, 2.05) is 0 Å². The molecule has 0 amide bonds. The fraction of sp³-hybridized carbons (Fsp3) is 0.0435. The Hall–Kier alpha value is -2.86. The summed E-state index contributed by atoms with van der Waals surface area (Å²) in [7, 11) is 0. The first-order valence-electron chi connectivity index (χ1n) is 8.08. The lowest BCUT2D eigenvalue weighted by atomic mass is 9.98. The van der Waals surface area contributed by atoms with Crippen LogP contribution in [0.1, 0.15) is 22.6 Å². The average molecular weight is 292 g/mol. The van der Waals surface area contributed by atoms with Gasteiger partial charge in [0.05, 0.1) is 0 Å². The van der Waals surface area contributed by atoms with Crippen LogP contribution in [0.3, 0.4) is 0 Å². The molecule has 0 atom stereocenters. The van der Waals surface area contributed by atoms with E-state index < -0.39 is 0 Å². The number of benzene rings is 4. The molecule has 108 valence electrons. The van der Waals surface area contributed by atoms with Crippen molar-refractivity contribution in [1.82, 2.24) is 0 Å². The van der Waals surface area contributed by atoms with Crippen molar-refractivity contribution < 1.29 is 0 Å². The Morgan fingerprint density at radius 3 is 1.91 bits per heavy atom. The van der Waals surface area contributed by atoms with E-state index in [0.29, 0.717) is 5.92 Å². The highest BCUT2D eigenvalue weighted by molar-refractivity contribution is 5.88. The Morgan fingerprint density at radius 1 is 0.478 bits per heavy atom. The summed E-state index contributed by atoms with van der Waals surface area (Å²) in [6.45, 7) is 0. The number of fused-ring (bicyclic) bond motifs is 2. The van der Waals surface area contributed by atoms with E-state index in [4.69, 9.17) is 0 Å². The van der Waals surface area contributed by atoms with Crippen LogP contribution in [0.5, 0.6) is 0 Å². The zero-order valence-electron chi connectivity index (χ0n) is 12.7. The fourth-order valence-corrected chi connectivity index (χ4v) is 3.57. The Balaban J connectivity index is 1.56. The Kier molecular flexibility index (Phi) is 2.65. The minimum absolute atomic E-state index is 0.517. The molecule has 0 radical (unpaired) electrons. The van der Waals surface area contributed by atoms with Gasteiger partial charge in [0, 0.05) is 5.92 Å². The van der Waals surface area contributed by atoms with E-state index in [0.717, 1.165) is 0 Å². The zero-order valence-corrected chi connectivity index (χ0v) is 12.7. The topological polar surface area (TPSA) is 0 Å². The van der Waals surface area contributed by atoms with Crippen LogP contribution in [-0.2, 0) is 0 Å². The summed E-state index contributed by atoms with van der Waals surface area (Å²) in [5.74, 6) is 0.517. The number of rotatable bonds is 2. The smallest absolute Gasteiger partial charge is 0.0346 e. The summed E-state index contributed by atoms with van der Waals surface area (Å²) in [6, 6.07) is 32.9. The standard InChI is InChI=1S/C23H16/c1-2-6-16(7-3-1)17-10-11-19-15-20(13-12-18(19)14-17)23-21-8-4-5-9-22(21)23/h1-15,23H. The molecule has 4 aromatic rings. The predicted octanol–water partition coefficient (Wildman–Crippen LogP) is 6.00. The monoisotopic (exact) mass is 292 g/mol. The van der Waals surface area contributed by atoms with Gasteiger partial charge in [0.15, 0.2) is 0 Å². The lowest BCUT2D eigenvalue weighted by molar-refractivity contribution is 1.21. The van der Waals surface area contributed by atoms with Crippen LogP contribution >= 0.6 is 0 Å². The third-order valence-corrected chi connectivity index (χ3v) is 4.84. The lowest BCUT2D eigenvalue weighted by Crippen LogP contribution is -1.84. The molecule has 0 bridgehead atoms. The van der Waals surface area contributed by atoms with Gasteiger partial charge in [0.1, 0.15) is 0 Å². The van der Waals surface area contributed by atoms with Gasteiger partial charge in [-0.1, -0.05) is 84.9 Å². The van der Waals surface area contributed by atoms with E-state index >= 15 is 0 Å². The van der Waals surface area contributed by atoms with E-state index in [9.17, 15) is 0 Å². The maximum Gasteiger partial charge on any atom is 0.0346 e. The summed E-state index contributed by atoms with van der Waals surface area (Å²) < 4.78 is 0. The Morgan fingerprint density at radius 2 is 1.13 bits per heavy atom. The summed E-state index contributed by atoms with van der Waals surface area (Å²) in [5, 5.41) is 2.62. The van der Waals surface area contributed by atoms with Crippen molar-refractivity contribution in [3.8, 4) is 11.1 Å². The molecule has 0 aromatic heterocycles. The van der Waals surface area contributed by atoms with Crippen molar-refractivity contribution >= 4 is 10.8 Å². The van der Waals surface area contributed by atoms with Gasteiger partial charge in [-0.15, -0.1) is 0 Å². The van der Waals surface area contributed by atoms with Crippen LogP contribution in [0.4, 0.5) is 0 Å². The normalized spacial score (nSPS) is 13.0. The molecule has 0 aliphatic heterocycles. The zero-order chi connectivity index (χ0) is 15.2. The molecular weight excluding hydrogens is 276 g/mol. The van der Waals surface area contributed by atoms with Crippen molar-refractivity contribution in [2.45, 2.75) is 5.92 Å². The van der Waals surface area contributed by atoms with Gasteiger partial charge in [-0.2, -0.15) is 0 Å². The molecule has 5 rings (SSSR count). The summed E-state index contributed by atoms with van der Waals surface area (Å²) in [5.41, 5.74) is 6.92. The van der Waals surface area contributed by atoms with Gasteiger partial charge < -0.3 is 0 Å². The maximum absolute atomic E-state index is 2.34. The van der Waals surface area contributed by atoms with E-state index in [1.165, 1.54) is 38.6 Å². The third-order valence-electron chi connectivity index (χ3n) is 4.84. The molecule has 0 unspecified atom stereocenters. The number of hydrogen-bond acceptors (Lipinski definition) is 0. The molecule has 0 fully saturated rings. The van der Waals surface area contributed by atoms with Crippen LogP contribution in [0.25, 0.3) is 21.9 Å². The van der Waals surface area contributed by atoms with Gasteiger partial charge in [-0.25, -0.2) is 0 Å². The van der Waals surface area contributed by atoms with Crippen LogP contribution in [-0.4, -0.2) is 0 Å². The molecule has 0 heterocycles. The molecule has 0 spiro atoms. The molecule has 0 N–H and O–H groups in total. The lowest BCUT2D eigenvalue weighted by Gasteiger charge is -2.06. The van der Waals surface area contributed by atoms with Crippen LogP contribution in [0.2, 0.25) is 0 Å². The van der Waals surface area contributed by atoms with Gasteiger partial charge >= 0.3 is 0 Å². The van der Waals surface area contributed by atoms with Crippen LogP contribution in [0, 0.1) is 0 Å². The van der Waals surface area contributed by atoms with Gasteiger partial charge in [-0.3, -0.25) is 0 Å². The van der Waals surface area contributed by atoms with Crippen LogP contribution < -0.4 is 0 Å². The second kappa shape index (κ2) is 4.82. The first-order chi connectivity index (χ1) is 11.4. The molecule has 0 saturated carbocycles. The van der Waals surface area contributed by atoms with Crippen molar-refractivity contribution in [3.63, 3.8) is 0 Å². The van der Waals surface area contributed by atoms with Crippen molar-refractivity contribution in [2.24, 2.45) is 0 Å². The maximum atomic E-state index is 2.34. The first-order valence-corrected chi connectivity index (χ1v) is 8.08. The number of hydrogen-bond donors (Lipinski definition) is 0. The summed E-state index contributed by atoms with van der Waals surface area (Å²) in [4.78, 5) is 0. The largest absolute Gasteiger partial charge is 0.0622 e. The highest BCUT2D eigenvalue weighted by atomic mass is 14.4. The third kappa shape index (κ3) is 2.07. The second-order valence-electron chi connectivity index (χ2n) is 6.25. The molecule has 23 heavy (non-hydrogen) atoms. The highest BCUT2D eigenvalue weighted by Crippen LogP contribution is 2.48. The molecule has 0 heteroatoms.